The maximum absolute atomic E-state index is 2.64. The van der Waals surface area contributed by atoms with Crippen molar-refractivity contribution in [3.63, 3.8) is 0 Å². The van der Waals surface area contributed by atoms with Crippen LogP contribution in [0.25, 0.3) is 0 Å². The highest BCUT2D eigenvalue weighted by Crippen LogP contribution is 2.15. The third-order valence-corrected chi connectivity index (χ3v) is 6.26. The van der Waals surface area contributed by atoms with Gasteiger partial charge in [0.2, 0.25) is 0 Å². The molecule has 26 heavy (non-hydrogen) atoms. The first-order chi connectivity index (χ1) is 12.5. The Bertz CT molecular complexity index is 526. The molecule has 0 spiro atoms. The number of likely N-dealkylation sites (N-methyl/N-ethyl adjacent to an activating group) is 1. The van der Waals surface area contributed by atoms with Crippen molar-refractivity contribution < 1.29 is 0 Å². The second-order valence-electron chi connectivity index (χ2n) is 8.61. The van der Waals surface area contributed by atoms with E-state index < -0.39 is 0 Å². The van der Waals surface area contributed by atoms with Crippen molar-refractivity contribution in [3.8, 4) is 0 Å². The number of nitrogens with zero attached hydrogens (tertiary/aromatic N) is 4. The molecule has 0 aliphatic carbocycles. The summed E-state index contributed by atoms with van der Waals surface area (Å²) in [6.07, 6.45) is 1.16. The predicted molar refractivity (Wildman–Crippen MR) is 111 cm³/mol. The summed E-state index contributed by atoms with van der Waals surface area (Å²) >= 11 is 0. The lowest BCUT2D eigenvalue weighted by Crippen LogP contribution is -2.48. The minimum atomic E-state index is 0.638. The van der Waals surface area contributed by atoms with Crippen LogP contribution in [0.15, 0.2) is 24.3 Å². The number of piperazine rings is 2. The van der Waals surface area contributed by atoms with Gasteiger partial charge in [0.15, 0.2) is 0 Å². The number of rotatable bonds is 6. The summed E-state index contributed by atoms with van der Waals surface area (Å²) in [5.41, 5.74) is 2.93. The monoisotopic (exact) mass is 358 g/mol. The smallest absolute Gasteiger partial charge is 0.0234 e. The molecule has 0 amide bonds. The molecule has 0 N–H and O–H groups in total. The Balaban J connectivity index is 1.45. The van der Waals surface area contributed by atoms with Crippen molar-refractivity contribution >= 4 is 0 Å². The van der Waals surface area contributed by atoms with Crippen LogP contribution in [0.3, 0.4) is 0 Å². The molecule has 2 fully saturated rings. The van der Waals surface area contributed by atoms with E-state index in [1.165, 1.54) is 63.5 Å². The highest BCUT2D eigenvalue weighted by atomic mass is 15.3. The van der Waals surface area contributed by atoms with Crippen LogP contribution in [0.2, 0.25) is 0 Å². The molecule has 1 atom stereocenters. The molecule has 3 rings (SSSR count). The van der Waals surface area contributed by atoms with E-state index in [1.807, 2.05) is 0 Å². The van der Waals surface area contributed by atoms with Crippen molar-refractivity contribution in [2.75, 3.05) is 59.4 Å². The summed E-state index contributed by atoms with van der Waals surface area (Å²) in [4.78, 5) is 10.3. The molecule has 1 aromatic rings. The van der Waals surface area contributed by atoms with Crippen molar-refractivity contribution in [3.05, 3.63) is 35.4 Å². The van der Waals surface area contributed by atoms with E-state index in [1.54, 1.807) is 0 Å². The van der Waals surface area contributed by atoms with Crippen LogP contribution < -0.4 is 0 Å². The van der Waals surface area contributed by atoms with Gasteiger partial charge in [-0.15, -0.1) is 0 Å². The largest absolute Gasteiger partial charge is 0.304 e. The SMILES string of the molecule is CC(C)N1CCN(Cc2ccc(CC(C)N3CCN(C)CC3)cc2)CC1. The Morgan fingerprint density at radius 2 is 1.27 bits per heavy atom. The first-order valence-electron chi connectivity index (χ1n) is 10.5. The fourth-order valence-electron chi connectivity index (χ4n) is 4.21. The maximum Gasteiger partial charge on any atom is 0.0234 e. The van der Waals surface area contributed by atoms with Gasteiger partial charge in [-0.25, -0.2) is 0 Å². The second kappa shape index (κ2) is 9.32. The zero-order valence-electron chi connectivity index (χ0n) is 17.3. The van der Waals surface area contributed by atoms with Crippen LogP contribution in [-0.2, 0) is 13.0 Å². The lowest BCUT2D eigenvalue weighted by atomic mass is 10.0. The lowest BCUT2D eigenvalue weighted by molar-refractivity contribution is 0.104. The van der Waals surface area contributed by atoms with E-state index in [2.05, 4.69) is 71.7 Å². The van der Waals surface area contributed by atoms with Crippen molar-refractivity contribution in [1.82, 2.24) is 19.6 Å². The summed E-state index contributed by atoms with van der Waals surface area (Å²) in [7, 11) is 2.23. The van der Waals surface area contributed by atoms with Gasteiger partial charge in [0.05, 0.1) is 0 Å². The standard InChI is InChI=1S/C22H38N4/c1-19(2)25-15-11-24(12-16-25)18-22-7-5-21(6-8-22)17-20(3)26-13-9-23(4)10-14-26/h5-8,19-20H,9-18H2,1-4H3. The Kier molecular flexibility index (Phi) is 7.10. The van der Waals surface area contributed by atoms with Crippen LogP contribution >= 0.6 is 0 Å². The van der Waals surface area contributed by atoms with Gasteiger partial charge in [-0.2, -0.15) is 0 Å². The van der Waals surface area contributed by atoms with E-state index in [9.17, 15) is 0 Å². The zero-order chi connectivity index (χ0) is 18.5. The third-order valence-electron chi connectivity index (χ3n) is 6.26. The van der Waals surface area contributed by atoms with Crippen LogP contribution in [0, 0.1) is 0 Å². The number of benzene rings is 1. The van der Waals surface area contributed by atoms with Gasteiger partial charge in [-0.05, 0) is 45.4 Å². The molecule has 4 nitrogen and oxygen atoms in total. The summed E-state index contributed by atoms with van der Waals surface area (Å²) in [5.74, 6) is 0. The molecule has 146 valence electrons. The van der Waals surface area contributed by atoms with E-state index in [0.29, 0.717) is 12.1 Å². The van der Waals surface area contributed by atoms with Crippen LogP contribution in [-0.4, -0.2) is 91.1 Å². The molecule has 0 bridgehead atoms. The van der Waals surface area contributed by atoms with E-state index >= 15 is 0 Å². The summed E-state index contributed by atoms with van der Waals surface area (Å²) in [6.45, 7) is 17.7. The van der Waals surface area contributed by atoms with E-state index in [4.69, 9.17) is 0 Å². The summed E-state index contributed by atoms with van der Waals surface area (Å²) in [5, 5.41) is 0. The molecule has 2 heterocycles. The van der Waals surface area contributed by atoms with Crippen molar-refractivity contribution in [1.29, 1.82) is 0 Å². The molecule has 0 aromatic heterocycles. The lowest BCUT2D eigenvalue weighted by Gasteiger charge is -2.37. The van der Waals surface area contributed by atoms with Gasteiger partial charge >= 0.3 is 0 Å². The first-order valence-corrected chi connectivity index (χ1v) is 10.5. The Morgan fingerprint density at radius 3 is 1.85 bits per heavy atom. The molecule has 0 saturated carbocycles. The molecule has 1 aromatic carbocycles. The van der Waals surface area contributed by atoms with E-state index in [-0.39, 0.29) is 0 Å². The molecule has 2 aliphatic rings. The normalized spacial score (nSPS) is 22.8. The molecule has 1 unspecified atom stereocenters. The minimum absolute atomic E-state index is 0.638. The topological polar surface area (TPSA) is 13.0 Å². The second-order valence-corrected chi connectivity index (χ2v) is 8.61. The zero-order valence-corrected chi connectivity index (χ0v) is 17.3. The Morgan fingerprint density at radius 1 is 0.731 bits per heavy atom. The van der Waals surface area contributed by atoms with Gasteiger partial charge in [-0.1, -0.05) is 24.3 Å². The molecular weight excluding hydrogens is 320 g/mol. The Labute approximate surface area is 160 Å². The van der Waals surface area contributed by atoms with E-state index in [0.717, 1.165) is 13.0 Å². The highest BCUT2D eigenvalue weighted by Gasteiger charge is 2.20. The first kappa shape index (κ1) is 19.8. The minimum Gasteiger partial charge on any atom is -0.304 e. The quantitative estimate of drug-likeness (QED) is 0.774. The maximum atomic E-state index is 2.64. The van der Waals surface area contributed by atoms with Crippen LogP contribution in [0.4, 0.5) is 0 Å². The number of hydrogen-bond donors (Lipinski definition) is 0. The fraction of sp³-hybridized carbons (Fsp3) is 0.727. The van der Waals surface area contributed by atoms with Gasteiger partial charge in [0.1, 0.15) is 0 Å². The van der Waals surface area contributed by atoms with Crippen LogP contribution in [0.1, 0.15) is 31.9 Å². The third kappa shape index (κ3) is 5.53. The average molecular weight is 359 g/mol. The predicted octanol–water partition coefficient (Wildman–Crippen LogP) is 2.39. The molecule has 0 radical (unpaired) electrons. The highest BCUT2D eigenvalue weighted by molar-refractivity contribution is 5.23. The van der Waals surface area contributed by atoms with Gasteiger partial charge in [0.25, 0.3) is 0 Å². The number of hydrogen-bond acceptors (Lipinski definition) is 4. The van der Waals surface area contributed by atoms with Gasteiger partial charge in [0, 0.05) is 71.0 Å². The summed E-state index contributed by atoms with van der Waals surface area (Å²) in [6, 6.07) is 10.7. The summed E-state index contributed by atoms with van der Waals surface area (Å²) < 4.78 is 0. The average Bonchev–Trinajstić information content (AvgIpc) is 2.64. The molecule has 2 aliphatic heterocycles. The van der Waals surface area contributed by atoms with Gasteiger partial charge < -0.3 is 4.90 Å². The van der Waals surface area contributed by atoms with Crippen molar-refractivity contribution in [2.24, 2.45) is 0 Å². The van der Waals surface area contributed by atoms with Crippen LogP contribution in [0.5, 0.6) is 0 Å². The molecular formula is C22H38N4. The molecule has 2 saturated heterocycles. The van der Waals surface area contributed by atoms with Crippen molar-refractivity contribution in [2.45, 2.75) is 45.8 Å². The van der Waals surface area contributed by atoms with Gasteiger partial charge in [-0.3, -0.25) is 14.7 Å². The Hall–Kier alpha value is -0.940. The fourth-order valence-corrected chi connectivity index (χ4v) is 4.21. The molecule has 4 heteroatoms.